The van der Waals surface area contributed by atoms with Crippen LogP contribution in [-0.4, -0.2) is 4.57 Å². The molecule has 0 bridgehead atoms. The molecule has 0 fully saturated rings. The van der Waals surface area contributed by atoms with E-state index in [0.29, 0.717) is 0 Å². The average molecular weight is 524 g/mol. The van der Waals surface area contributed by atoms with Crippen molar-refractivity contribution >= 4 is 76.5 Å². The Bertz CT molecular complexity index is 2650. The van der Waals surface area contributed by atoms with E-state index < -0.39 is 0 Å². The highest BCUT2D eigenvalue weighted by Crippen LogP contribution is 2.44. The standard InChI is InChI=1S/C38H21NO2/c1-3-10-33-26(7-1)29-20-23(13-18-35(29)40-33)25-16-17-32-38-28(25)15-12-22-6-5-9-31(37(22)38)39(32)24-14-19-36-30(21-24)27-8-2-4-11-34(27)41-36/h1-21H. The number of rotatable bonds is 2. The number of hydrogen-bond acceptors (Lipinski definition) is 2. The van der Waals surface area contributed by atoms with E-state index in [2.05, 4.69) is 108 Å². The predicted octanol–water partition coefficient (Wildman–Crippen LogP) is 10.8. The molecule has 41 heavy (non-hydrogen) atoms. The molecule has 0 atom stereocenters. The Hall–Kier alpha value is -5.54. The van der Waals surface area contributed by atoms with Gasteiger partial charge in [-0.1, -0.05) is 72.8 Å². The minimum absolute atomic E-state index is 0.910. The Balaban J connectivity index is 1.27. The van der Waals surface area contributed by atoms with Crippen LogP contribution in [0, 0.1) is 0 Å². The first-order chi connectivity index (χ1) is 20.3. The van der Waals surface area contributed by atoms with Crippen molar-refractivity contribution in [1.29, 1.82) is 0 Å². The summed E-state index contributed by atoms with van der Waals surface area (Å²) in [5, 5.41) is 9.67. The highest BCUT2D eigenvalue weighted by Gasteiger charge is 2.20. The van der Waals surface area contributed by atoms with Gasteiger partial charge in [0.2, 0.25) is 0 Å². The topological polar surface area (TPSA) is 31.2 Å². The second-order valence-electron chi connectivity index (χ2n) is 10.9. The first kappa shape index (κ1) is 21.3. The minimum Gasteiger partial charge on any atom is -0.456 e. The van der Waals surface area contributed by atoms with Gasteiger partial charge in [-0.15, -0.1) is 0 Å². The average Bonchev–Trinajstić information content (AvgIpc) is 3.69. The quantitative estimate of drug-likeness (QED) is 0.211. The Morgan fingerprint density at radius 1 is 0.415 bits per heavy atom. The molecule has 0 spiro atoms. The molecule has 0 unspecified atom stereocenters. The van der Waals surface area contributed by atoms with Crippen LogP contribution in [0.3, 0.4) is 0 Å². The molecule has 0 radical (unpaired) electrons. The van der Waals surface area contributed by atoms with Crippen LogP contribution in [0.15, 0.2) is 136 Å². The number of para-hydroxylation sites is 2. The van der Waals surface area contributed by atoms with Gasteiger partial charge in [0, 0.05) is 38.0 Å². The molecule has 0 aliphatic rings. The molecule has 0 N–H and O–H groups in total. The number of aromatic nitrogens is 1. The van der Waals surface area contributed by atoms with Crippen molar-refractivity contribution in [3.8, 4) is 16.8 Å². The molecular weight excluding hydrogens is 502 g/mol. The van der Waals surface area contributed by atoms with E-state index in [4.69, 9.17) is 8.83 Å². The smallest absolute Gasteiger partial charge is 0.135 e. The Morgan fingerprint density at radius 2 is 1.10 bits per heavy atom. The van der Waals surface area contributed by atoms with E-state index in [0.717, 1.165) is 49.6 Å². The van der Waals surface area contributed by atoms with Gasteiger partial charge in [-0.25, -0.2) is 0 Å². The van der Waals surface area contributed by atoms with E-state index in [1.165, 1.54) is 43.7 Å². The molecule has 0 aliphatic heterocycles. The fraction of sp³-hybridized carbons (Fsp3) is 0. The maximum atomic E-state index is 6.14. The number of benzene rings is 7. The number of nitrogens with zero attached hydrogens (tertiary/aromatic N) is 1. The van der Waals surface area contributed by atoms with Crippen molar-refractivity contribution in [3.05, 3.63) is 127 Å². The Morgan fingerprint density at radius 3 is 1.90 bits per heavy atom. The molecule has 190 valence electrons. The molecule has 7 aromatic carbocycles. The van der Waals surface area contributed by atoms with Crippen molar-refractivity contribution < 1.29 is 8.83 Å². The molecule has 3 aromatic heterocycles. The summed E-state index contributed by atoms with van der Waals surface area (Å²) in [4.78, 5) is 0. The molecule has 0 saturated carbocycles. The zero-order valence-electron chi connectivity index (χ0n) is 21.9. The summed E-state index contributed by atoms with van der Waals surface area (Å²) < 4.78 is 14.7. The first-order valence-corrected chi connectivity index (χ1v) is 13.9. The van der Waals surface area contributed by atoms with Gasteiger partial charge in [-0.05, 0) is 76.5 Å². The summed E-state index contributed by atoms with van der Waals surface area (Å²) in [5.74, 6) is 0. The molecule has 3 heterocycles. The fourth-order valence-corrected chi connectivity index (χ4v) is 6.96. The van der Waals surface area contributed by atoms with Crippen LogP contribution in [0.1, 0.15) is 0 Å². The largest absolute Gasteiger partial charge is 0.456 e. The van der Waals surface area contributed by atoms with E-state index in [9.17, 15) is 0 Å². The lowest BCUT2D eigenvalue weighted by molar-refractivity contribution is 0.668. The molecular formula is C38H21NO2. The van der Waals surface area contributed by atoms with Crippen LogP contribution in [0.2, 0.25) is 0 Å². The molecule has 10 rings (SSSR count). The maximum Gasteiger partial charge on any atom is 0.135 e. The van der Waals surface area contributed by atoms with E-state index >= 15 is 0 Å². The zero-order valence-corrected chi connectivity index (χ0v) is 21.9. The Labute approximate surface area is 233 Å². The number of hydrogen-bond donors (Lipinski definition) is 0. The summed E-state index contributed by atoms with van der Waals surface area (Å²) in [7, 11) is 0. The monoisotopic (exact) mass is 523 g/mol. The molecule has 0 saturated heterocycles. The molecule has 0 amide bonds. The second-order valence-corrected chi connectivity index (χ2v) is 10.9. The third-order valence-electron chi connectivity index (χ3n) is 8.77. The van der Waals surface area contributed by atoms with Crippen LogP contribution in [0.5, 0.6) is 0 Å². The third-order valence-corrected chi connectivity index (χ3v) is 8.77. The summed E-state index contributed by atoms with van der Waals surface area (Å²) in [5.41, 5.74) is 9.64. The first-order valence-electron chi connectivity index (χ1n) is 13.9. The molecule has 3 nitrogen and oxygen atoms in total. The fourth-order valence-electron chi connectivity index (χ4n) is 6.96. The van der Waals surface area contributed by atoms with Gasteiger partial charge < -0.3 is 13.4 Å². The van der Waals surface area contributed by atoms with Crippen LogP contribution in [-0.2, 0) is 0 Å². The van der Waals surface area contributed by atoms with Gasteiger partial charge in [-0.2, -0.15) is 0 Å². The summed E-state index contributed by atoms with van der Waals surface area (Å²) in [6, 6.07) is 45.4. The van der Waals surface area contributed by atoms with Gasteiger partial charge in [0.25, 0.3) is 0 Å². The highest BCUT2D eigenvalue weighted by atomic mass is 16.3. The lowest BCUT2D eigenvalue weighted by Crippen LogP contribution is -1.93. The molecule has 10 aromatic rings. The van der Waals surface area contributed by atoms with E-state index in [1.807, 2.05) is 24.3 Å². The summed E-state index contributed by atoms with van der Waals surface area (Å²) in [6.07, 6.45) is 0. The van der Waals surface area contributed by atoms with Crippen molar-refractivity contribution in [2.45, 2.75) is 0 Å². The summed E-state index contributed by atoms with van der Waals surface area (Å²) in [6.45, 7) is 0. The second kappa shape index (κ2) is 7.56. The lowest BCUT2D eigenvalue weighted by Gasteiger charge is -2.10. The Kier molecular flexibility index (Phi) is 3.93. The van der Waals surface area contributed by atoms with Gasteiger partial charge in [-0.3, -0.25) is 0 Å². The van der Waals surface area contributed by atoms with Crippen LogP contribution in [0.4, 0.5) is 0 Å². The number of furan rings is 2. The highest BCUT2D eigenvalue weighted by molar-refractivity contribution is 6.27. The van der Waals surface area contributed by atoms with Gasteiger partial charge >= 0.3 is 0 Å². The lowest BCUT2D eigenvalue weighted by atomic mass is 9.94. The van der Waals surface area contributed by atoms with Crippen molar-refractivity contribution in [2.75, 3.05) is 0 Å². The van der Waals surface area contributed by atoms with Crippen LogP contribution >= 0.6 is 0 Å². The van der Waals surface area contributed by atoms with Crippen molar-refractivity contribution in [1.82, 2.24) is 4.57 Å². The minimum atomic E-state index is 0.910. The van der Waals surface area contributed by atoms with Gasteiger partial charge in [0.05, 0.1) is 11.0 Å². The van der Waals surface area contributed by atoms with Crippen LogP contribution < -0.4 is 0 Å². The zero-order chi connectivity index (χ0) is 26.7. The predicted molar refractivity (Wildman–Crippen MR) is 169 cm³/mol. The normalized spacial score (nSPS) is 12.4. The van der Waals surface area contributed by atoms with Gasteiger partial charge in [0.15, 0.2) is 0 Å². The third kappa shape index (κ3) is 2.77. The number of fused-ring (bicyclic) bond motifs is 6. The molecule has 0 aliphatic carbocycles. The summed E-state index contributed by atoms with van der Waals surface area (Å²) >= 11 is 0. The SMILES string of the molecule is c1ccc2c(c1)oc1ccc(-c3ccc4c5c3ccc3cccc(c35)n4-c3ccc4oc5ccccc5c4c3)cc12. The van der Waals surface area contributed by atoms with Crippen molar-refractivity contribution in [2.24, 2.45) is 0 Å². The van der Waals surface area contributed by atoms with Gasteiger partial charge in [0.1, 0.15) is 22.3 Å². The van der Waals surface area contributed by atoms with Crippen molar-refractivity contribution in [3.63, 3.8) is 0 Å². The van der Waals surface area contributed by atoms with Crippen LogP contribution in [0.25, 0.3) is 93.3 Å². The molecule has 3 heteroatoms. The maximum absolute atomic E-state index is 6.14. The van der Waals surface area contributed by atoms with E-state index in [-0.39, 0.29) is 0 Å². The van der Waals surface area contributed by atoms with E-state index in [1.54, 1.807) is 0 Å².